The molecule has 2 nitrogen and oxygen atoms in total. The van der Waals surface area contributed by atoms with Crippen molar-refractivity contribution in [3.8, 4) is 5.75 Å². The minimum Gasteiger partial charge on any atom is -0.496 e. The van der Waals surface area contributed by atoms with E-state index >= 15 is 0 Å². The average Bonchev–Trinajstić information content (AvgIpc) is 2.44. The number of rotatable bonds is 4. The van der Waals surface area contributed by atoms with E-state index in [2.05, 4.69) is 15.9 Å². The first-order chi connectivity index (χ1) is 9.95. The van der Waals surface area contributed by atoms with Crippen molar-refractivity contribution >= 4 is 15.9 Å². The predicted octanol–water partition coefficient (Wildman–Crippen LogP) is 4.49. The topological polar surface area (TPSA) is 29.5 Å². The molecule has 0 amide bonds. The van der Waals surface area contributed by atoms with Crippen LogP contribution >= 0.6 is 15.9 Å². The number of ether oxygens (including phenoxy) is 1. The van der Waals surface area contributed by atoms with E-state index in [1.807, 2.05) is 19.9 Å². The molecule has 0 radical (unpaired) electrons. The maximum absolute atomic E-state index is 13.8. The molecule has 0 aliphatic heterocycles. The van der Waals surface area contributed by atoms with E-state index in [1.165, 1.54) is 6.07 Å². The van der Waals surface area contributed by atoms with Crippen LogP contribution in [0.25, 0.3) is 0 Å². The monoisotopic (exact) mass is 352 g/mol. The minimum absolute atomic E-state index is 0.208. The minimum atomic E-state index is -0.826. The Kier molecular flexibility index (Phi) is 5.01. The van der Waals surface area contributed by atoms with Crippen LogP contribution in [-0.2, 0) is 6.42 Å². The third-order valence-electron chi connectivity index (χ3n) is 3.62. The van der Waals surface area contributed by atoms with Gasteiger partial charge in [0.05, 0.1) is 13.2 Å². The van der Waals surface area contributed by atoms with E-state index in [9.17, 15) is 9.50 Å². The smallest absolute Gasteiger partial charge is 0.127 e. The molecule has 2 aromatic rings. The zero-order valence-electron chi connectivity index (χ0n) is 12.3. The van der Waals surface area contributed by atoms with Crippen molar-refractivity contribution in [1.29, 1.82) is 0 Å². The SMILES string of the molecule is COc1c(C)cc(Br)c(C)c1C(O)Cc1ccccc1F. The predicted molar refractivity (Wildman–Crippen MR) is 85.2 cm³/mol. The largest absolute Gasteiger partial charge is 0.496 e. The summed E-state index contributed by atoms with van der Waals surface area (Å²) < 4.78 is 20.1. The van der Waals surface area contributed by atoms with Crippen LogP contribution in [0, 0.1) is 19.7 Å². The molecule has 0 aromatic heterocycles. The van der Waals surface area contributed by atoms with Crippen molar-refractivity contribution in [3.63, 3.8) is 0 Å². The van der Waals surface area contributed by atoms with Crippen molar-refractivity contribution in [2.75, 3.05) is 7.11 Å². The fraction of sp³-hybridized carbons (Fsp3) is 0.294. The molecule has 0 heterocycles. The van der Waals surface area contributed by atoms with Gasteiger partial charge in [-0.15, -0.1) is 0 Å². The Morgan fingerprint density at radius 2 is 1.95 bits per heavy atom. The molecule has 0 bridgehead atoms. The second-order valence-electron chi connectivity index (χ2n) is 5.06. The second-order valence-corrected chi connectivity index (χ2v) is 5.91. The highest BCUT2D eigenvalue weighted by atomic mass is 79.9. The summed E-state index contributed by atoms with van der Waals surface area (Å²) in [6, 6.07) is 8.44. The standard InChI is InChI=1S/C17H18BrFO2/c1-10-8-13(18)11(2)16(17(10)21-3)15(20)9-12-6-4-5-7-14(12)19/h4-8,15,20H,9H2,1-3H3. The Morgan fingerprint density at radius 3 is 2.57 bits per heavy atom. The van der Waals surface area contributed by atoms with Crippen molar-refractivity contribution in [2.24, 2.45) is 0 Å². The normalized spacial score (nSPS) is 12.3. The van der Waals surface area contributed by atoms with Gasteiger partial charge in [-0.1, -0.05) is 34.1 Å². The molecule has 0 aliphatic rings. The number of aryl methyl sites for hydroxylation is 1. The zero-order chi connectivity index (χ0) is 15.6. The van der Waals surface area contributed by atoms with Crippen molar-refractivity contribution in [2.45, 2.75) is 26.4 Å². The third kappa shape index (κ3) is 3.27. The number of aliphatic hydroxyl groups is 1. The summed E-state index contributed by atoms with van der Waals surface area (Å²) in [5, 5.41) is 10.6. The quantitative estimate of drug-likeness (QED) is 0.878. The first kappa shape index (κ1) is 16.0. The Hall–Kier alpha value is -1.39. The molecule has 0 aliphatic carbocycles. The van der Waals surface area contributed by atoms with Crippen molar-refractivity contribution in [3.05, 3.63) is 62.9 Å². The first-order valence-corrected chi connectivity index (χ1v) is 7.50. The molecule has 112 valence electrons. The van der Waals surface area contributed by atoms with Crippen LogP contribution in [-0.4, -0.2) is 12.2 Å². The van der Waals surface area contributed by atoms with E-state index < -0.39 is 6.10 Å². The summed E-state index contributed by atoms with van der Waals surface area (Å²) in [4.78, 5) is 0. The van der Waals surface area contributed by atoms with Crippen LogP contribution in [0.1, 0.15) is 28.4 Å². The third-order valence-corrected chi connectivity index (χ3v) is 4.44. The Balaban J connectivity index is 2.44. The molecule has 0 saturated heterocycles. The lowest BCUT2D eigenvalue weighted by Gasteiger charge is -2.20. The van der Waals surface area contributed by atoms with Crippen molar-refractivity contribution in [1.82, 2.24) is 0 Å². The summed E-state index contributed by atoms with van der Waals surface area (Å²) in [6.07, 6.45) is -0.618. The maximum atomic E-state index is 13.8. The molecular weight excluding hydrogens is 335 g/mol. The Bertz CT molecular complexity index is 655. The highest BCUT2D eigenvalue weighted by Crippen LogP contribution is 2.37. The Labute approximate surface area is 132 Å². The summed E-state index contributed by atoms with van der Waals surface area (Å²) in [6.45, 7) is 3.83. The number of halogens is 2. The van der Waals surface area contributed by atoms with Gasteiger partial charge in [-0.25, -0.2) is 4.39 Å². The average molecular weight is 353 g/mol. The van der Waals surface area contributed by atoms with Gasteiger partial charge < -0.3 is 9.84 Å². The molecule has 0 fully saturated rings. The van der Waals surface area contributed by atoms with Gasteiger partial charge in [0, 0.05) is 16.5 Å². The molecule has 0 spiro atoms. The van der Waals surface area contributed by atoms with E-state index in [4.69, 9.17) is 4.74 Å². The van der Waals surface area contributed by atoms with Crippen LogP contribution in [0.15, 0.2) is 34.8 Å². The molecule has 1 atom stereocenters. The molecule has 1 N–H and O–H groups in total. The second kappa shape index (κ2) is 6.58. The summed E-state index contributed by atoms with van der Waals surface area (Å²) >= 11 is 3.49. The van der Waals surface area contributed by atoms with E-state index in [-0.39, 0.29) is 12.2 Å². The molecule has 21 heavy (non-hydrogen) atoms. The maximum Gasteiger partial charge on any atom is 0.127 e. The van der Waals surface area contributed by atoms with Gasteiger partial charge in [-0.3, -0.25) is 0 Å². The van der Waals surface area contributed by atoms with Crippen LogP contribution in [0.3, 0.4) is 0 Å². The van der Waals surface area contributed by atoms with Gasteiger partial charge in [0.2, 0.25) is 0 Å². The number of aliphatic hydroxyl groups excluding tert-OH is 1. The van der Waals surface area contributed by atoms with Crippen LogP contribution in [0.4, 0.5) is 4.39 Å². The van der Waals surface area contributed by atoms with Gasteiger partial charge in [-0.05, 0) is 42.7 Å². The summed E-state index contributed by atoms with van der Waals surface area (Å²) in [7, 11) is 1.58. The Morgan fingerprint density at radius 1 is 1.29 bits per heavy atom. The lowest BCUT2D eigenvalue weighted by Crippen LogP contribution is -2.09. The van der Waals surface area contributed by atoms with E-state index in [0.29, 0.717) is 16.9 Å². The summed E-state index contributed by atoms with van der Waals surface area (Å²) in [5.74, 6) is 0.347. The fourth-order valence-electron chi connectivity index (χ4n) is 2.52. The van der Waals surface area contributed by atoms with E-state index in [0.717, 1.165) is 15.6 Å². The molecular formula is C17H18BrFO2. The number of benzene rings is 2. The number of hydrogen-bond donors (Lipinski definition) is 1. The molecule has 1 unspecified atom stereocenters. The van der Waals surface area contributed by atoms with Gasteiger partial charge in [-0.2, -0.15) is 0 Å². The van der Waals surface area contributed by atoms with Gasteiger partial charge >= 0.3 is 0 Å². The lowest BCUT2D eigenvalue weighted by atomic mass is 9.94. The highest BCUT2D eigenvalue weighted by Gasteiger charge is 2.21. The number of methoxy groups -OCH3 is 1. The lowest BCUT2D eigenvalue weighted by molar-refractivity contribution is 0.171. The fourth-order valence-corrected chi connectivity index (χ4v) is 3.08. The van der Waals surface area contributed by atoms with Crippen molar-refractivity contribution < 1.29 is 14.2 Å². The zero-order valence-corrected chi connectivity index (χ0v) is 13.9. The molecule has 0 saturated carbocycles. The van der Waals surface area contributed by atoms with E-state index in [1.54, 1.807) is 25.3 Å². The van der Waals surface area contributed by atoms with Gasteiger partial charge in [0.15, 0.2) is 0 Å². The molecule has 2 rings (SSSR count). The van der Waals surface area contributed by atoms with Gasteiger partial charge in [0.1, 0.15) is 11.6 Å². The number of hydrogen-bond acceptors (Lipinski definition) is 2. The highest BCUT2D eigenvalue weighted by molar-refractivity contribution is 9.10. The van der Waals surface area contributed by atoms with Crippen LogP contribution < -0.4 is 4.74 Å². The first-order valence-electron chi connectivity index (χ1n) is 6.70. The van der Waals surface area contributed by atoms with Crippen LogP contribution in [0.5, 0.6) is 5.75 Å². The van der Waals surface area contributed by atoms with Gasteiger partial charge in [0.25, 0.3) is 0 Å². The van der Waals surface area contributed by atoms with Crippen LogP contribution in [0.2, 0.25) is 0 Å². The summed E-state index contributed by atoms with van der Waals surface area (Å²) in [5.41, 5.74) is 3.02. The molecule has 4 heteroatoms. The molecule has 2 aromatic carbocycles.